The number of Topliss-reactive ketones (excluding diaryl/α,β-unsaturated/α-hetero) is 1. The van der Waals surface area contributed by atoms with Gasteiger partial charge >= 0.3 is 0 Å². The minimum atomic E-state index is -2.07. The van der Waals surface area contributed by atoms with Gasteiger partial charge in [0.05, 0.1) is 6.10 Å². The van der Waals surface area contributed by atoms with Crippen molar-refractivity contribution in [3.8, 4) is 0 Å². The van der Waals surface area contributed by atoms with Crippen LogP contribution >= 0.6 is 0 Å². The predicted octanol–water partition coefficient (Wildman–Crippen LogP) is 2.56. The quantitative estimate of drug-likeness (QED) is 0.729. The summed E-state index contributed by atoms with van der Waals surface area (Å²) in [6.45, 7) is 1.78. The van der Waals surface area contributed by atoms with Crippen molar-refractivity contribution in [2.75, 3.05) is 0 Å². The topological polar surface area (TPSA) is 37.3 Å². The fourth-order valence-electron chi connectivity index (χ4n) is 2.34. The lowest BCUT2D eigenvalue weighted by molar-refractivity contribution is -0.125. The monoisotopic (exact) mass is 213 g/mol. The van der Waals surface area contributed by atoms with Gasteiger partial charge in [-0.3, -0.25) is 4.79 Å². The smallest absolute Gasteiger partial charge is 0.138 e. The van der Waals surface area contributed by atoms with Crippen molar-refractivity contribution < 1.29 is 14.0 Å². The lowest BCUT2D eigenvalue weighted by Gasteiger charge is -2.25. The van der Waals surface area contributed by atoms with Crippen LogP contribution in [0.4, 0.5) is 0 Å². The van der Waals surface area contributed by atoms with Crippen molar-refractivity contribution in [1.29, 1.82) is 0 Å². The van der Waals surface area contributed by atoms with Crippen molar-refractivity contribution in [1.82, 2.24) is 0 Å². The minimum Gasteiger partial charge on any atom is -0.392 e. The molecule has 1 N–H and O–H groups in total. The van der Waals surface area contributed by atoms with Crippen LogP contribution in [0.5, 0.6) is 0 Å². The SMILES string of the molecule is [2H]C([2H])([2H])C=CC[C@@H](C)[C@@H](O)[C@H]1C(=O)CCC1C. The van der Waals surface area contributed by atoms with Gasteiger partial charge in [0.1, 0.15) is 5.78 Å². The summed E-state index contributed by atoms with van der Waals surface area (Å²) in [5, 5.41) is 10.2. The van der Waals surface area contributed by atoms with E-state index < -0.39 is 13.0 Å². The highest BCUT2D eigenvalue weighted by Crippen LogP contribution is 2.34. The third kappa shape index (κ3) is 2.91. The summed E-state index contributed by atoms with van der Waals surface area (Å²) in [5.41, 5.74) is 0. The number of aliphatic hydroxyl groups is 1. The fraction of sp³-hybridized carbons (Fsp3) is 0.769. The van der Waals surface area contributed by atoms with Gasteiger partial charge < -0.3 is 5.11 Å². The summed E-state index contributed by atoms with van der Waals surface area (Å²) >= 11 is 0. The Morgan fingerprint density at radius 2 is 2.47 bits per heavy atom. The molecular formula is C13H22O2. The molecule has 0 saturated heterocycles. The molecule has 0 spiro atoms. The number of hydrogen-bond acceptors (Lipinski definition) is 2. The molecule has 2 nitrogen and oxygen atoms in total. The average molecular weight is 213 g/mol. The minimum absolute atomic E-state index is 0.0990. The molecule has 15 heavy (non-hydrogen) atoms. The maximum absolute atomic E-state index is 11.7. The molecule has 0 amide bonds. The van der Waals surface area contributed by atoms with E-state index in [2.05, 4.69) is 0 Å². The molecule has 0 aromatic rings. The Morgan fingerprint density at radius 1 is 1.73 bits per heavy atom. The van der Waals surface area contributed by atoms with Crippen molar-refractivity contribution in [2.45, 2.75) is 46.1 Å². The van der Waals surface area contributed by atoms with Crippen molar-refractivity contribution in [2.24, 2.45) is 17.8 Å². The van der Waals surface area contributed by atoms with Crippen molar-refractivity contribution in [3.05, 3.63) is 12.2 Å². The summed E-state index contributed by atoms with van der Waals surface area (Å²) in [5.74, 6) is -0.0116. The molecule has 0 radical (unpaired) electrons. The van der Waals surface area contributed by atoms with E-state index in [4.69, 9.17) is 4.11 Å². The lowest BCUT2D eigenvalue weighted by atomic mass is 9.83. The van der Waals surface area contributed by atoms with Crippen LogP contribution in [-0.2, 0) is 4.79 Å². The summed E-state index contributed by atoms with van der Waals surface area (Å²) in [4.78, 5) is 11.7. The van der Waals surface area contributed by atoms with E-state index in [0.717, 1.165) is 6.42 Å². The number of ketones is 1. The maximum Gasteiger partial charge on any atom is 0.138 e. The van der Waals surface area contributed by atoms with E-state index in [9.17, 15) is 9.90 Å². The van der Waals surface area contributed by atoms with Crippen LogP contribution in [0.2, 0.25) is 0 Å². The summed E-state index contributed by atoms with van der Waals surface area (Å²) in [7, 11) is 0. The molecule has 1 aliphatic rings. The van der Waals surface area contributed by atoms with Crippen LogP contribution in [0, 0.1) is 17.8 Å². The molecule has 0 aromatic heterocycles. The van der Waals surface area contributed by atoms with Crippen LogP contribution in [-0.4, -0.2) is 17.0 Å². The third-order valence-electron chi connectivity index (χ3n) is 3.41. The van der Waals surface area contributed by atoms with Crippen molar-refractivity contribution >= 4 is 5.78 Å². The molecule has 1 aliphatic carbocycles. The number of hydrogen-bond donors (Lipinski definition) is 1. The van der Waals surface area contributed by atoms with Gasteiger partial charge in [-0.05, 0) is 31.5 Å². The molecular weight excluding hydrogens is 188 g/mol. The van der Waals surface area contributed by atoms with Gasteiger partial charge in [0, 0.05) is 16.5 Å². The van der Waals surface area contributed by atoms with Gasteiger partial charge in [0.2, 0.25) is 0 Å². The number of carbonyl (C=O) groups excluding carboxylic acids is 1. The highest BCUT2D eigenvalue weighted by Gasteiger charge is 2.38. The second-order valence-electron chi connectivity index (χ2n) is 4.61. The second kappa shape index (κ2) is 5.45. The first-order chi connectivity index (χ1) is 8.22. The molecule has 0 heterocycles. The summed E-state index contributed by atoms with van der Waals surface area (Å²) < 4.78 is 21.1. The molecule has 1 rings (SSSR count). The van der Waals surface area contributed by atoms with Crippen LogP contribution in [0.3, 0.4) is 0 Å². The standard InChI is InChI=1S/C13H22O2/c1-4-5-6-10(3)13(15)12-9(2)7-8-11(12)14/h4-5,9-10,12-13,15H,6-8H2,1-3H3/t9?,10-,12-,13-/m1/s1/i1D3. The molecule has 0 aliphatic heterocycles. The maximum atomic E-state index is 11.7. The lowest BCUT2D eigenvalue weighted by Crippen LogP contribution is -2.33. The Balaban J connectivity index is 2.53. The number of rotatable bonds is 4. The zero-order chi connectivity index (χ0) is 13.9. The fourth-order valence-corrected chi connectivity index (χ4v) is 2.34. The zero-order valence-electron chi connectivity index (χ0n) is 12.4. The first kappa shape index (κ1) is 8.51. The molecule has 4 atom stereocenters. The molecule has 0 aromatic carbocycles. The van der Waals surface area contributed by atoms with Gasteiger partial charge in [-0.25, -0.2) is 0 Å². The Bertz CT molecular complexity index is 323. The molecule has 1 fully saturated rings. The van der Waals surface area contributed by atoms with Gasteiger partial charge in [0.15, 0.2) is 0 Å². The van der Waals surface area contributed by atoms with Crippen LogP contribution in [0.1, 0.15) is 44.1 Å². The number of aliphatic hydroxyl groups excluding tert-OH is 1. The molecule has 1 unspecified atom stereocenters. The molecule has 86 valence electrons. The van der Waals surface area contributed by atoms with E-state index in [1.54, 1.807) is 6.08 Å². The van der Waals surface area contributed by atoms with Crippen LogP contribution < -0.4 is 0 Å². The second-order valence-corrected chi connectivity index (χ2v) is 4.61. The predicted molar refractivity (Wildman–Crippen MR) is 61.5 cm³/mol. The van der Waals surface area contributed by atoms with E-state index in [1.807, 2.05) is 13.8 Å². The first-order valence-electron chi connectivity index (χ1n) is 7.11. The highest BCUT2D eigenvalue weighted by molar-refractivity contribution is 5.83. The van der Waals surface area contributed by atoms with E-state index in [1.165, 1.54) is 6.08 Å². The Kier molecular flexibility index (Phi) is 3.09. The van der Waals surface area contributed by atoms with Gasteiger partial charge in [0.25, 0.3) is 0 Å². The van der Waals surface area contributed by atoms with E-state index in [0.29, 0.717) is 12.8 Å². The Labute approximate surface area is 96.6 Å². The Morgan fingerprint density at radius 3 is 3.00 bits per heavy atom. The van der Waals surface area contributed by atoms with Crippen molar-refractivity contribution in [3.63, 3.8) is 0 Å². The number of carbonyl (C=O) groups is 1. The summed E-state index contributed by atoms with van der Waals surface area (Å²) in [6, 6.07) is 0. The highest BCUT2D eigenvalue weighted by atomic mass is 16.3. The molecule has 1 saturated carbocycles. The van der Waals surface area contributed by atoms with Gasteiger partial charge in [-0.15, -0.1) is 0 Å². The summed E-state index contributed by atoms with van der Waals surface area (Å²) in [6.07, 6.45) is 3.97. The first-order valence-corrected chi connectivity index (χ1v) is 5.61. The van der Waals surface area contributed by atoms with Crippen LogP contribution in [0.15, 0.2) is 12.2 Å². The third-order valence-corrected chi connectivity index (χ3v) is 3.41. The zero-order valence-corrected chi connectivity index (χ0v) is 9.44. The Hall–Kier alpha value is -0.630. The molecule has 0 bridgehead atoms. The van der Waals surface area contributed by atoms with Crippen LogP contribution in [0.25, 0.3) is 0 Å². The normalized spacial score (nSPS) is 34.9. The number of allylic oxidation sites excluding steroid dienone is 2. The van der Waals surface area contributed by atoms with Gasteiger partial charge in [-0.1, -0.05) is 26.0 Å². The van der Waals surface area contributed by atoms with E-state index >= 15 is 0 Å². The molecule has 2 heteroatoms. The average Bonchev–Trinajstić information content (AvgIpc) is 2.55. The largest absolute Gasteiger partial charge is 0.392 e. The van der Waals surface area contributed by atoms with E-state index in [-0.39, 0.29) is 23.5 Å². The van der Waals surface area contributed by atoms with Gasteiger partial charge in [-0.2, -0.15) is 0 Å².